The molecule has 7 nitrogen and oxygen atoms in total. The number of carbonyl (C=O) groups is 1. The number of nitrogen functional groups attached to an aromatic ring is 1. The molecule has 1 aromatic carbocycles. The number of hydrogen-bond acceptors (Lipinski definition) is 5. The predicted octanol–water partition coefficient (Wildman–Crippen LogP) is -0.168. The first-order chi connectivity index (χ1) is 9.65. The second-order valence-corrected chi connectivity index (χ2v) is 4.78. The smallest absolute Gasteiger partial charge is 0.258 e. The summed E-state index contributed by atoms with van der Waals surface area (Å²) >= 11 is 0. The number of hydrogen-bond donors (Lipinski definition) is 3. The summed E-state index contributed by atoms with van der Waals surface area (Å²) in [6, 6.07) is 3.37. The Morgan fingerprint density at radius 1 is 1.30 bits per heavy atom. The van der Waals surface area contributed by atoms with E-state index in [1.807, 2.05) is 4.90 Å². The minimum Gasteiger partial charge on any atom is -0.397 e. The second kappa shape index (κ2) is 4.84. The fraction of sp³-hybridized carbons (Fsp3) is 0.308. The van der Waals surface area contributed by atoms with Crippen molar-refractivity contribution in [2.45, 2.75) is 6.42 Å². The topological polar surface area (TPSA) is 104 Å². The number of H-pyrrole nitrogens is 1. The van der Waals surface area contributed by atoms with Gasteiger partial charge in [0.05, 0.1) is 35.1 Å². The molecule has 0 aliphatic carbocycles. The normalized spacial score (nSPS) is 16.0. The maximum atomic E-state index is 11.7. The summed E-state index contributed by atoms with van der Waals surface area (Å²) in [5, 5.41) is 3.27. The molecule has 1 aliphatic rings. The van der Waals surface area contributed by atoms with E-state index in [1.165, 1.54) is 6.33 Å². The van der Waals surface area contributed by atoms with Crippen LogP contribution in [0.1, 0.15) is 6.42 Å². The van der Waals surface area contributed by atoms with E-state index in [-0.39, 0.29) is 18.0 Å². The minimum atomic E-state index is -0.221. The first-order valence-electron chi connectivity index (χ1n) is 6.44. The van der Waals surface area contributed by atoms with Gasteiger partial charge in [-0.15, -0.1) is 0 Å². The Morgan fingerprint density at radius 3 is 3.00 bits per heavy atom. The number of amides is 1. The molecule has 0 bridgehead atoms. The highest BCUT2D eigenvalue weighted by molar-refractivity contribution is 5.90. The highest BCUT2D eigenvalue weighted by Crippen LogP contribution is 2.27. The van der Waals surface area contributed by atoms with E-state index < -0.39 is 0 Å². The van der Waals surface area contributed by atoms with Gasteiger partial charge >= 0.3 is 0 Å². The quantitative estimate of drug-likeness (QED) is 0.626. The lowest BCUT2D eigenvalue weighted by molar-refractivity contribution is -0.119. The fourth-order valence-corrected chi connectivity index (χ4v) is 2.41. The van der Waals surface area contributed by atoms with Gasteiger partial charge in [-0.05, 0) is 18.6 Å². The zero-order valence-corrected chi connectivity index (χ0v) is 10.8. The average Bonchev–Trinajstić information content (AvgIpc) is 2.64. The largest absolute Gasteiger partial charge is 0.397 e. The molecule has 0 spiro atoms. The number of nitrogens with one attached hydrogen (secondary N) is 2. The molecule has 2 aromatic rings. The zero-order chi connectivity index (χ0) is 14.1. The van der Waals surface area contributed by atoms with Crippen molar-refractivity contribution in [3.05, 3.63) is 28.8 Å². The summed E-state index contributed by atoms with van der Waals surface area (Å²) in [7, 11) is 0. The van der Waals surface area contributed by atoms with Crippen molar-refractivity contribution < 1.29 is 4.79 Å². The van der Waals surface area contributed by atoms with E-state index in [0.29, 0.717) is 23.1 Å². The molecule has 20 heavy (non-hydrogen) atoms. The number of rotatable bonds is 1. The number of benzene rings is 1. The van der Waals surface area contributed by atoms with E-state index in [1.54, 1.807) is 12.1 Å². The SMILES string of the molecule is Nc1cc2c(=O)[nH]cnc2cc1N1CCCNC(=O)C1. The van der Waals surface area contributed by atoms with Crippen LogP contribution in [-0.2, 0) is 4.79 Å². The summed E-state index contributed by atoms with van der Waals surface area (Å²) in [5.41, 5.74) is 7.60. The molecule has 104 valence electrons. The molecule has 0 unspecified atom stereocenters. The molecule has 1 amide bonds. The third kappa shape index (κ3) is 2.18. The Morgan fingerprint density at radius 2 is 2.15 bits per heavy atom. The molecular formula is C13H15N5O2. The van der Waals surface area contributed by atoms with Gasteiger partial charge in [-0.3, -0.25) is 9.59 Å². The number of aromatic amines is 1. The van der Waals surface area contributed by atoms with Crippen LogP contribution in [0.25, 0.3) is 10.9 Å². The second-order valence-electron chi connectivity index (χ2n) is 4.78. The highest BCUT2D eigenvalue weighted by Gasteiger charge is 2.18. The molecule has 4 N–H and O–H groups in total. The van der Waals surface area contributed by atoms with Gasteiger partial charge in [-0.1, -0.05) is 0 Å². The molecule has 1 aliphatic heterocycles. The van der Waals surface area contributed by atoms with Crippen molar-refractivity contribution in [1.82, 2.24) is 15.3 Å². The highest BCUT2D eigenvalue weighted by atomic mass is 16.2. The van der Waals surface area contributed by atoms with Gasteiger partial charge in [-0.25, -0.2) is 4.98 Å². The van der Waals surface area contributed by atoms with Crippen molar-refractivity contribution in [2.75, 3.05) is 30.3 Å². The Kier molecular flexibility index (Phi) is 3.02. The van der Waals surface area contributed by atoms with E-state index in [0.717, 1.165) is 18.7 Å². The summed E-state index contributed by atoms with van der Waals surface area (Å²) in [5.74, 6) is -0.0270. The van der Waals surface area contributed by atoms with Crippen LogP contribution >= 0.6 is 0 Å². The average molecular weight is 273 g/mol. The van der Waals surface area contributed by atoms with Gasteiger partial charge in [0.1, 0.15) is 0 Å². The summed E-state index contributed by atoms with van der Waals surface area (Å²) < 4.78 is 0. The molecule has 0 radical (unpaired) electrons. The summed E-state index contributed by atoms with van der Waals surface area (Å²) in [6.45, 7) is 1.66. The molecule has 1 fully saturated rings. The fourth-order valence-electron chi connectivity index (χ4n) is 2.41. The van der Waals surface area contributed by atoms with E-state index in [2.05, 4.69) is 15.3 Å². The van der Waals surface area contributed by atoms with Gasteiger partial charge in [0.2, 0.25) is 5.91 Å². The van der Waals surface area contributed by atoms with Crippen molar-refractivity contribution in [1.29, 1.82) is 0 Å². The van der Waals surface area contributed by atoms with Crippen LogP contribution in [0.15, 0.2) is 23.3 Å². The van der Waals surface area contributed by atoms with Crippen LogP contribution in [0.5, 0.6) is 0 Å². The van der Waals surface area contributed by atoms with Crippen LogP contribution in [-0.4, -0.2) is 35.5 Å². The summed E-state index contributed by atoms with van der Waals surface area (Å²) in [4.78, 5) is 31.9. The Bertz CT molecular complexity index is 724. The lowest BCUT2D eigenvalue weighted by Crippen LogP contribution is -2.33. The van der Waals surface area contributed by atoms with E-state index in [4.69, 9.17) is 5.73 Å². The predicted molar refractivity (Wildman–Crippen MR) is 76.6 cm³/mol. The Hall–Kier alpha value is -2.57. The maximum Gasteiger partial charge on any atom is 0.258 e. The molecule has 1 aromatic heterocycles. The van der Waals surface area contributed by atoms with Gasteiger partial charge in [0, 0.05) is 13.1 Å². The first kappa shape index (κ1) is 12.5. The monoisotopic (exact) mass is 273 g/mol. The maximum absolute atomic E-state index is 11.7. The molecule has 0 saturated carbocycles. The molecule has 1 saturated heterocycles. The summed E-state index contributed by atoms with van der Waals surface area (Å²) in [6.07, 6.45) is 2.21. The first-order valence-corrected chi connectivity index (χ1v) is 6.44. The number of aromatic nitrogens is 2. The molecule has 2 heterocycles. The number of fused-ring (bicyclic) bond motifs is 1. The number of nitrogens with zero attached hydrogens (tertiary/aromatic N) is 2. The molecule has 0 atom stereocenters. The van der Waals surface area contributed by atoms with Crippen LogP contribution in [0, 0.1) is 0 Å². The number of anilines is 2. The Balaban J connectivity index is 2.09. The van der Waals surface area contributed by atoms with Gasteiger partial charge in [0.25, 0.3) is 5.56 Å². The third-order valence-corrected chi connectivity index (χ3v) is 3.39. The lowest BCUT2D eigenvalue weighted by atomic mass is 10.1. The van der Waals surface area contributed by atoms with Crippen LogP contribution in [0.4, 0.5) is 11.4 Å². The van der Waals surface area contributed by atoms with Gasteiger partial charge in [-0.2, -0.15) is 0 Å². The number of carbonyl (C=O) groups excluding carboxylic acids is 1. The molecular weight excluding hydrogens is 258 g/mol. The van der Waals surface area contributed by atoms with Crippen LogP contribution in [0.3, 0.4) is 0 Å². The van der Waals surface area contributed by atoms with E-state index >= 15 is 0 Å². The van der Waals surface area contributed by atoms with Gasteiger partial charge in [0.15, 0.2) is 0 Å². The van der Waals surface area contributed by atoms with Gasteiger partial charge < -0.3 is 20.9 Å². The third-order valence-electron chi connectivity index (χ3n) is 3.39. The van der Waals surface area contributed by atoms with Crippen molar-refractivity contribution in [3.63, 3.8) is 0 Å². The molecule has 3 rings (SSSR count). The van der Waals surface area contributed by atoms with Crippen LogP contribution in [0.2, 0.25) is 0 Å². The Labute approximate surface area is 114 Å². The minimum absolute atomic E-state index is 0.0270. The lowest BCUT2D eigenvalue weighted by Gasteiger charge is -2.23. The van der Waals surface area contributed by atoms with Crippen molar-refractivity contribution >= 4 is 28.2 Å². The number of nitrogens with two attached hydrogens (primary N) is 1. The van der Waals surface area contributed by atoms with Crippen molar-refractivity contribution in [2.24, 2.45) is 0 Å². The van der Waals surface area contributed by atoms with Crippen LogP contribution < -0.4 is 21.5 Å². The van der Waals surface area contributed by atoms with E-state index in [9.17, 15) is 9.59 Å². The zero-order valence-electron chi connectivity index (χ0n) is 10.8. The molecule has 7 heteroatoms. The van der Waals surface area contributed by atoms with Crippen molar-refractivity contribution in [3.8, 4) is 0 Å². The standard InChI is InChI=1S/C13H15N5O2/c14-9-4-8-10(16-7-17-13(8)20)5-11(9)18-3-1-2-15-12(19)6-18/h4-5,7H,1-3,6,14H2,(H,15,19)(H,16,17,20).